The van der Waals surface area contributed by atoms with E-state index in [9.17, 15) is 14.4 Å². The average molecular weight is 415 g/mol. The fourth-order valence-corrected chi connectivity index (χ4v) is 2.07. The molecule has 0 aliphatic heterocycles. The van der Waals surface area contributed by atoms with Gasteiger partial charge in [0.2, 0.25) is 0 Å². The summed E-state index contributed by atoms with van der Waals surface area (Å²) >= 11 is 0. The number of hydrogen-bond acceptors (Lipinski definition) is 6. The fourth-order valence-electron chi connectivity index (χ4n) is 2.07. The van der Waals surface area contributed by atoms with Crippen molar-refractivity contribution in [3.05, 3.63) is 12.7 Å². The number of carbonyl (C=O) groups is 3. The van der Waals surface area contributed by atoms with E-state index in [0.717, 1.165) is 38.5 Å². The third-order valence-corrected chi connectivity index (χ3v) is 3.87. The third-order valence-electron chi connectivity index (χ3n) is 3.87. The molecule has 0 unspecified atom stereocenters. The minimum atomic E-state index is -0.325. The van der Waals surface area contributed by atoms with Crippen LogP contribution in [-0.2, 0) is 28.6 Å². The molecule has 0 bridgehead atoms. The van der Waals surface area contributed by atoms with Gasteiger partial charge in [-0.1, -0.05) is 47.1 Å². The predicted octanol–water partition coefficient (Wildman–Crippen LogP) is 5.39. The van der Waals surface area contributed by atoms with Crippen molar-refractivity contribution in [2.24, 2.45) is 5.92 Å². The molecule has 0 amide bonds. The molecule has 0 aliphatic carbocycles. The number of unbranched alkanes of at least 4 members (excludes halogenated alkanes) is 3. The van der Waals surface area contributed by atoms with E-state index >= 15 is 0 Å². The monoisotopic (exact) mass is 414 g/mol. The lowest BCUT2D eigenvalue weighted by Crippen LogP contribution is -2.07. The topological polar surface area (TPSA) is 78.9 Å². The highest BCUT2D eigenvalue weighted by molar-refractivity contribution is 5.81. The van der Waals surface area contributed by atoms with Gasteiger partial charge in [0.15, 0.2) is 0 Å². The van der Waals surface area contributed by atoms with Crippen molar-refractivity contribution in [3.63, 3.8) is 0 Å². The molecule has 0 atom stereocenters. The summed E-state index contributed by atoms with van der Waals surface area (Å²) in [7, 11) is 0. The zero-order valence-corrected chi connectivity index (χ0v) is 19.0. The number of carbonyl (C=O) groups excluding carboxylic acids is 3. The maximum Gasteiger partial charge on any atom is 0.330 e. The van der Waals surface area contributed by atoms with Crippen LogP contribution in [0.3, 0.4) is 0 Å². The molecular formula is C23H42O6. The van der Waals surface area contributed by atoms with Crippen LogP contribution in [0.5, 0.6) is 0 Å². The quantitative estimate of drug-likeness (QED) is 0.146. The van der Waals surface area contributed by atoms with E-state index in [2.05, 4.69) is 34.3 Å². The SMILES string of the molecule is C=CC(=O)OCCCC(C)C.CCCCOC(=O)CCCCC(=O)OCCCC. The molecule has 0 spiro atoms. The van der Waals surface area contributed by atoms with Gasteiger partial charge in [-0.3, -0.25) is 9.59 Å². The Morgan fingerprint density at radius 3 is 1.59 bits per heavy atom. The summed E-state index contributed by atoms with van der Waals surface area (Å²) in [6, 6.07) is 0. The van der Waals surface area contributed by atoms with E-state index in [-0.39, 0.29) is 17.9 Å². The number of ether oxygens (including phenoxy) is 3. The van der Waals surface area contributed by atoms with Crippen LogP contribution in [-0.4, -0.2) is 37.7 Å². The Hall–Kier alpha value is -1.85. The molecule has 0 rings (SSSR count). The first-order valence-electron chi connectivity index (χ1n) is 11.0. The van der Waals surface area contributed by atoms with E-state index in [4.69, 9.17) is 14.2 Å². The molecule has 29 heavy (non-hydrogen) atoms. The standard InChI is InChI=1S/C14H26O4.C9H16O2/c1-3-5-11-17-13(15)9-7-8-10-14(16)18-12-6-4-2;1-4-9(10)11-7-5-6-8(2)3/h3-12H2,1-2H3;4,8H,1,5-7H2,2-3H3. The smallest absolute Gasteiger partial charge is 0.330 e. The Balaban J connectivity index is 0. The third kappa shape index (κ3) is 26.1. The van der Waals surface area contributed by atoms with Crippen LogP contribution in [0.1, 0.15) is 91.9 Å². The molecule has 0 aromatic heterocycles. The number of esters is 3. The highest BCUT2D eigenvalue weighted by atomic mass is 16.5. The highest BCUT2D eigenvalue weighted by Crippen LogP contribution is 2.04. The normalized spacial score (nSPS) is 9.97. The second kappa shape index (κ2) is 22.4. The van der Waals surface area contributed by atoms with Gasteiger partial charge in [-0.2, -0.15) is 0 Å². The molecule has 0 aliphatic rings. The van der Waals surface area contributed by atoms with Crippen LogP contribution < -0.4 is 0 Å². The van der Waals surface area contributed by atoms with Crippen LogP contribution >= 0.6 is 0 Å². The van der Waals surface area contributed by atoms with E-state index < -0.39 is 0 Å². The van der Waals surface area contributed by atoms with E-state index in [1.54, 1.807) is 0 Å². The summed E-state index contributed by atoms with van der Waals surface area (Å²) in [6.07, 6.45) is 9.27. The maximum absolute atomic E-state index is 11.2. The van der Waals surface area contributed by atoms with E-state index in [0.29, 0.717) is 51.4 Å². The number of rotatable bonds is 16. The molecule has 0 fully saturated rings. The Bertz CT molecular complexity index is 407. The molecule has 0 saturated carbocycles. The van der Waals surface area contributed by atoms with Crippen molar-refractivity contribution in [3.8, 4) is 0 Å². The summed E-state index contributed by atoms with van der Waals surface area (Å²) in [5.74, 6) is 0.0248. The first-order chi connectivity index (χ1) is 13.9. The minimum Gasteiger partial charge on any atom is -0.466 e. The minimum absolute atomic E-state index is 0.164. The van der Waals surface area contributed by atoms with Crippen molar-refractivity contribution >= 4 is 17.9 Å². The van der Waals surface area contributed by atoms with Gasteiger partial charge >= 0.3 is 17.9 Å². The lowest BCUT2D eigenvalue weighted by Gasteiger charge is -2.04. The Morgan fingerprint density at radius 1 is 0.759 bits per heavy atom. The molecule has 0 aromatic carbocycles. The largest absolute Gasteiger partial charge is 0.466 e. The Morgan fingerprint density at radius 2 is 1.21 bits per heavy atom. The Labute approximate surface area is 177 Å². The van der Waals surface area contributed by atoms with E-state index in [1.165, 1.54) is 6.08 Å². The molecule has 6 heteroatoms. The average Bonchev–Trinajstić information content (AvgIpc) is 2.69. The molecule has 0 saturated heterocycles. The van der Waals surface area contributed by atoms with Crippen LogP contribution in [0.25, 0.3) is 0 Å². The second-order valence-corrected chi connectivity index (χ2v) is 7.26. The molecule has 0 heterocycles. The summed E-state index contributed by atoms with van der Waals surface area (Å²) in [5.41, 5.74) is 0. The molecule has 0 N–H and O–H groups in total. The molecule has 170 valence electrons. The molecule has 6 nitrogen and oxygen atoms in total. The van der Waals surface area contributed by atoms with Crippen LogP contribution in [0.2, 0.25) is 0 Å². The van der Waals surface area contributed by atoms with Crippen molar-refractivity contribution in [2.75, 3.05) is 19.8 Å². The first kappa shape index (κ1) is 29.4. The van der Waals surface area contributed by atoms with Crippen molar-refractivity contribution < 1.29 is 28.6 Å². The van der Waals surface area contributed by atoms with Crippen molar-refractivity contribution in [1.29, 1.82) is 0 Å². The van der Waals surface area contributed by atoms with Gasteiger partial charge in [0.05, 0.1) is 19.8 Å². The van der Waals surface area contributed by atoms with E-state index in [1.807, 2.05) is 0 Å². The summed E-state index contributed by atoms with van der Waals surface area (Å²) in [5, 5.41) is 0. The van der Waals surface area contributed by atoms with Gasteiger partial charge in [0.1, 0.15) is 0 Å². The lowest BCUT2D eigenvalue weighted by atomic mass is 10.1. The van der Waals surface area contributed by atoms with Gasteiger partial charge in [-0.15, -0.1) is 0 Å². The van der Waals surface area contributed by atoms with Crippen LogP contribution in [0.4, 0.5) is 0 Å². The van der Waals surface area contributed by atoms with Crippen LogP contribution in [0, 0.1) is 5.92 Å². The van der Waals surface area contributed by atoms with Gasteiger partial charge in [-0.25, -0.2) is 4.79 Å². The zero-order chi connectivity index (χ0) is 22.3. The summed E-state index contributed by atoms with van der Waals surface area (Å²) < 4.78 is 14.8. The fraction of sp³-hybridized carbons (Fsp3) is 0.783. The molecule has 0 aromatic rings. The zero-order valence-electron chi connectivity index (χ0n) is 19.0. The lowest BCUT2D eigenvalue weighted by molar-refractivity contribution is -0.146. The maximum atomic E-state index is 11.2. The second-order valence-electron chi connectivity index (χ2n) is 7.26. The van der Waals surface area contributed by atoms with Crippen LogP contribution in [0.15, 0.2) is 12.7 Å². The molecule has 0 radical (unpaired) electrons. The summed E-state index contributed by atoms with van der Waals surface area (Å²) in [4.78, 5) is 33.0. The number of hydrogen-bond donors (Lipinski definition) is 0. The molecular weight excluding hydrogens is 372 g/mol. The summed E-state index contributed by atoms with van der Waals surface area (Å²) in [6.45, 7) is 13.2. The van der Waals surface area contributed by atoms with Crippen molar-refractivity contribution in [1.82, 2.24) is 0 Å². The van der Waals surface area contributed by atoms with Crippen molar-refractivity contribution in [2.45, 2.75) is 91.9 Å². The first-order valence-corrected chi connectivity index (χ1v) is 11.0. The van der Waals surface area contributed by atoms with Gasteiger partial charge < -0.3 is 14.2 Å². The van der Waals surface area contributed by atoms with Gasteiger partial charge in [0.25, 0.3) is 0 Å². The highest BCUT2D eigenvalue weighted by Gasteiger charge is 2.05. The van der Waals surface area contributed by atoms with Gasteiger partial charge in [0, 0.05) is 18.9 Å². The predicted molar refractivity (Wildman–Crippen MR) is 115 cm³/mol. The van der Waals surface area contributed by atoms with Gasteiger partial charge in [-0.05, 0) is 44.4 Å². The Kier molecular flexibility index (Phi) is 22.7.